The fraction of sp³-hybridized carbons (Fsp3) is 0.500. The quantitative estimate of drug-likeness (QED) is 0.586. The van der Waals surface area contributed by atoms with Gasteiger partial charge in [-0.25, -0.2) is 4.98 Å². The zero-order chi connectivity index (χ0) is 18.9. The molecule has 150 valence electrons. The Kier molecular flexibility index (Phi) is 9.60. The lowest BCUT2D eigenvalue weighted by molar-refractivity contribution is -0.121. The van der Waals surface area contributed by atoms with Crippen LogP contribution in [-0.4, -0.2) is 49.3 Å². The average Bonchev–Trinajstić information content (AvgIpc) is 2.66. The topological polar surface area (TPSA) is 94.5 Å². The Morgan fingerprint density at radius 2 is 1.89 bits per heavy atom. The molecule has 0 aliphatic carbocycles. The molecular formula is C18H27ClN4O4. The third-order valence-electron chi connectivity index (χ3n) is 4.01. The number of methoxy groups -OCH3 is 2. The number of likely N-dealkylation sites (N-methyl/N-ethyl adjacent to an activating group) is 1. The molecule has 1 amide bonds. The maximum atomic E-state index is 12.6. The van der Waals surface area contributed by atoms with E-state index in [9.17, 15) is 9.59 Å². The van der Waals surface area contributed by atoms with E-state index < -0.39 is 0 Å². The van der Waals surface area contributed by atoms with Gasteiger partial charge >= 0.3 is 0 Å². The highest BCUT2D eigenvalue weighted by Crippen LogP contribution is 2.29. The van der Waals surface area contributed by atoms with Crippen LogP contribution in [0.2, 0.25) is 0 Å². The number of hydrogen-bond donors (Lipinski definition) is 2. The van der Waals surface area contributed by atoms with Gasteiger partial charge in [-0.3, -0.25) is 14.2 Å². The number of aromatic nitrogens is 2. The predicted octanol–water partition coefficient (Wildman–Crippen LogP) is 1.34. The van der Waals surface area contributed by atoms with Gasteiger partial charge in [-0.05, 0) is 19.0 Å². The zero-order valence-corrected chi connectivity index (χ0v) is 16.7. The summed E-state index contributed by atoms with van der Waals surface area (Å²) in [6, 6.07) is 3.31. The first kappa shape index (κ1) is 22.7. The number of benzene rings is 1. The molecule has 0 radical (unpaired) electrons. The molecule has 0 bridgehead atoms. The van der Waals surface area contributed by atoms with E-state index in [4.69, 9.17) is 9.47 Å². The standard InChI is InChI=1S/C18H26N4O4.ClH/c1-4-19-7-8-20-17(23)6-5-9-22-12-21-14-11-16(26-3)15(25-2)10-13(14)18(22)24;/h10-12,19H,4-9H2,1-3H3,(H,20,23);1H. The first-order chi connectivity index (χ1) is 12.6. The van der Waals surface area contributed by atoms with E-state index in [0.29, 0.717) is 48.3 Å². The number of aryl methyl sites for hydroxylation is 1. The van der Waals surface area contributed by atoms with Gasteiger partial charge in [-0.1, -0.05) is 6.92 Å². The SMILES string of the molecule is CCNCCNC(=O)CCCn1cnc2cc(OC)c(OC)cc2c1=O.Cl. The summed E-state index contributed by atoms with van der Waals surface area (Å²) in [7, 11) is 3.06. The van der Waals surface area contributed by atoms with Crippen molar-refractivity contribution in [3.63, 3.8) is 0 Å². The van der Waals surface area contributed by atoms with Gasteiger partial charge in [0.15, 0.2) is 11.5 Å². The number of rotatable bonds is 10. The molecular weight excluding hydrogens is 372 g/mol. The first-order valence-corrected chi connectivity index (χ1v) is 8.69. The van der Waals surface area contributed by atoms with Crippen LogP contribution in [0.5, 0.6) is 11.5 Å². The van der Waals surface area contributed by atoms with Crippen molar-refractivity contribution in [2.24, 2.45) is 0 Å². The molecule has 0 aliphatic rings. The van der Waals surface area contributed by atoms with Crippen molar-refractivity contribution < 1.29 is 14.3 Å². The van der Waals surface area contributed by atoms with Crippen molar-refractivity contribution in [1.29, 1.82) is 0 Å². The third kappa shape index (κ3) is 6.11. The molecule has 2 N–H and O–H groups in total. The van der Waals surface area contributed by atoms with Gasteiger partial charge in [-0.2, -0.15) is 0 Å². The number of nitrogens with one attached hydrogen (secondary N) is 2. The van der Waals surface area contributed by atoms with Gasteiger partial charge in [0.2, 0.25) is 5.91 Å². The Morgan fingerprint density at radius 3 is 2.56 bits per heavy atom. The number of hydrogen-bond acceptors (Lipinski definition) is 6. The highest BCUT2D eigenvalue weighted by atomic mass is 35.5. The van der Waals surface area contributed by atoms with E-state index in [1.165, 1.54) is 25.1 Å². The second kappa shape index (κ2) is 11.4. The second-order valence-electron chi connectivity index (χ2n) is 5.77. The lowest BCUT2D eigenvalue weighted by atomic mass is 10.2. The van der Waals surface area contributed by atoms with Crippen molar-refractivity contribution in [3.8, 4) is 11.5 Å². The summed E-state index contributed by atoms with van der Waals surface area (Å²) in [6.07, 6.45) is 2.43. The number of carbonyl (C=O) groups excluding carboxylic acids is 1. The molecule has 8 nitrogen and oxygen atoms in total. The van der Waals surface area contributed by atoms with Crippen LogP contribution in [0.1, 0.15) is 19.8 Å². The minimum absolute atomic E-state index is 0. The fourth-order valence-corrected chi connectivity index (χ4v) is 2.61. The van der Waals surface area contributed by atoms with Crippen LogP contribution in [0.3, 0.4) is 0 Å². The molecule has 1 aromatic heterocycles. The molecule has 0 atom stereocenters. The molecule has 0 saturated carbocycles. The Labute approximate surface area is 164 Å². The van der Waals surface area contributed by atoms with Gasteiger partial charge < -0.3 is 20.1 Å². The molecule has 0 aliphatic heterocycles. The lowest BCUT2D eigenvalue weighted by Gasteiger charge is -2.10. The minimum Gasteiger partial charge on any atom is -0.493 e. The third-order valence-corrected chi connectivity index (χ3v) is 4.01. The minimum atomic E-state index is -0.163. The van der Waals surface area contributed by atoms with E-state index in [0.717, 1.165) is 13.1 Å². The Hall–Kier alpha value is -2.32. The molecule has 27 heavy (non-hydrogen) atoms. The summed E-state index contributed by atoms with van der Waals surface area (Å²) in [4.78, 5) is 28.7. The predicted molar refractivity (Wildman–Crippen MR) is 107 cm³/mol. The molecule has 2 aromatic rings. The highest BCUT2D eigenvalue weighted by Gasteiger charge is 2.11. The highest BCUT2D eigenvalue weighted by molar-refractivity contribution is 5.85. The van der Waals surface area contributed by atoms with Crippen LogP contribution < -0.4 is 25.7 Å². The van der Waals surface area contributed by atoms with E-state index in [2.05, 4.69) is 15.6 Å². The maximum Gasteiger partial charge on any atom is 0.261 e. The molecule has 0 spiro atoms. The van der Waals surface area contributed by atoms with Crippen molar-refractivity contribution in [3.05, 3.63) is 28.8 Å². The van der Waals surface area contributed by atoms with Crippen molar-refractivity contribution in [2.45, 2.75) is 26.3 Å². The van der Waals surface area contributed by atoms with Gasteiger partial charge in [0.25, 0.3) is 5.56 Å². The second-order valence-corrected chi connectivity index (χ2v) is 5.77. The normalized spacial score (nSPS) is 10.3. The van der Waals surface area contributed by atoms with Gasteiger partial charge in [0.05, 0.1) is 31.4 Å². The van der Waals surface area contributed by atoms with Crippen molar-refractivity contribution >= 4 is 29.2 Å². The Bertz CT molecular complexity index is 810. The van der Waals surface area contributed by atoms with E-state index >= 15 is 0 Å². The average molecular weight is 399 g/mol. The summed E-state index contributed by atoms with van der Waals surface area (Å²) >= 11 is 0. The van der Waals surface area contributed by atoms with Gasteiger partial charge in [0.1, 0.15) is 0 Å². The van der Waals surface area contributed by atoms with Crippen LogP contribution in [-0.2, 0) is 11.3 Å². The molecule has 1 heterocycles. The molecule has 0 fully saturated rings. The van der Waals surface area contributed by atoms with E-state index in [1.54, 1.807) is 12.1 Å². The largest absolute Gasteiger partial charge is 0.493 e. The van der Waals surface area contributed by atoms with Crippen molar-refractivity contribution in [2.75, 3.05) is 33.9 Å². The van der Waals surface area contributed by atoms with Crippen LogP contribution in [0.25, 0.3) is 10.9 Å². The van der Waals surface area contributed by atoms with E-state index in [1.807, 2.05) is 6.92 Å². The molecule has 0 saturated heterocycles. The summed E-state index contributed by atoms with van der Waals surface area (Å²) in [5, 5.41) is 6.44. The van der Waals surface area contributed by atoms with Gasteiger partial charge in [0, 0.05) is 32.1 Å². The molecule has 2 rings (SSSR count). The number of halogens is 1. The Morgan fingerprint density at radius 1 is 1.19 bits per heavy atom. The number of fused-ring (bicyclic) bond motifs is 1. The number of nitrogens with zero attached hydrogens (tertiary/aromatic N) is 2. The lowest BCUT2D eigenvalue weighted by Crippen LogP contribution is -2.31. The first-order valence-electron chi connectivity index (χ1n) is 8.69. The summed E-state index contributed by atoms with van der Waals surface area (Å²) in [5.74, 6) is 0.992. The smallest absolute Gasteiger partial charge is 0.261 e. The molecule has 1 aromatic carbocycles. The summed E-state index contributed by atoms with van der Waals surface area (Å²) < 4.78 is 12.0. The monoisotopic (exact) mass is 398 g/mol. The maximum absolute atomic E-state index is 12.6. The number of amides is 1. The van der Waals surface area contributed by atoms with Crippen molar-refractivity contribution in [1.82, 2.24) is 20.2 Å². The fourth-order valence-electron chi connectivity index (χ4n) is 2.61. The molecule has 0 unspecified atom stereocenters. The van der Waals surface area contributed by atoms with E-state index in [-0.39, 0.29) is 23.9 Å². The Balaban J connectivity index is 0.00000364. The number of carbonyl (C=O) groups is 1. The van der Waals surface area contributed by atoms with Crippen LogP contribution in [0.15, 0.2) is 23.3 Å². The summed E-state index contributed by atoms with van der Waals surface area (Å²) in [5.41, 5.74) is 0.383. The van der Waals surface area contributed by atoms with Crippen LogP contribution in [0, 0.1) is 0 Å². The molecule has 9 heteroatoms. The summed E-state index contributed by atoms with van der Waals surface area (Å²) in [6.45, 7) is 4.68. The van der Waals surface area contributed by atoms with Gasteiger partial charge in [-0.15, -0.1) is 12.4 Å². The van der Waals surface area contributed by atoms with Crippen LogP contribution in [0.4, 0.5) is 0 Å². The zero-order valence-electron chi connectivity index (χ0n) is 15.9. The number of ether oxygens (including phenoxy) is 2. The van der Waals surface area contributed by atoms with Crippen LogP contribution >= 0.6 is 12.4 Å².